The van der Waals surface area contributed by atoms with Gasteiger partial charge >= 0.3 is 0 Å². The molecule has 0 aliphatic rings. The summed E-state index contributed by atoms with van der Waals surface area (Å²) < 4.78 is 15.7. The summed E-state index contributed by atoms with van der Waals surface area (Å²) in [6, 6.07) is 17.3. The number of nitrogens with one attached hydrogen (secondary N) is 2. The fourth-order valence-electron chi connectivity index (χ4n) is 3.00. The van der Waals surface area contributed by atoms with Gasteiger partial charge in [0.2, 0.25) is 5.91 Å². The fraction of sp³-hybridized carbons (Fsp3) is 0.217. The first kappa shape index (κ1) is 21.0. The van der Waals surface area contributed by atoms with Crippen LogP contribution in [0.1, 0.15) is 21.7 Å². The van der Waals surface area contributed by atoms with Gasteiger partial charge in [0.1, 0.15) is 6.04 Å². The van der Waals surface area contributed by atoms with Crippen LogP contribution in [0.5, 0.6) is 11.5 Å². The Balaban J connectivity index is 1.70. The third-order valence-electron chi connectivity index (χ3n) is 4.56. The van der Waals surface area contributed by atoms with Gasteiger partial charge in [-0.15, -0.1) is 0 Å². The van der Waals surface area contributed by atoms with Gasteiger partial charge in [0.15, 0.2) is 17.3 Å². The first-order valence-corrected chi connectivity index (χ1v) is 9.47. The summed E-state index contributed by atoms with van der Waals surface area (Å²) in [4.78, 5) is 25.3. The van der Waals surface area contributed by atoms with Crippen LogP contribution in [-0.2, 0) is 17.8 Å². The summed E-state index contributed by atoms with van der Waals surface area (Å²) in [5.41, 5.74) is 1.78. The van der Waals surface area contributed by atoms with E-state index in [0.29, 0.717) is 17.9 Å². The normalized spacial score (nSPS) is 11.4. The molecule has 0 fully saturated rings. The molecule has 2 amide bonds. The van der Waals surface area contributed by atoms with E-state index in [1.165, 1.54) is 6.26 Å². The van der Waals surface area contributed by atoms with Crippen LogP contribution in [0.15, 0.2) is 71.3 Å². The largest absolute Gasteiger partial charge is 0.493 e. The SMILES string of the molecule is COc1ccc(CNC(=O)[C@@H](Cc2ccccc2)NC(=O)c2ccco2)cc1OC. The van der Waals surface area contributed by atoms with Crippen molar-refractivity contribution in [3.63, 3.8) is 0 Å². The van der Waals surface area contributed by atoms with Crippen molar-refractivity contribution in [2.45, 2.75) is 19.0 Å². The van der Waals surface area contributed by atoms with Gasteiger partial charge < -0.3 is 24.5 Å². The maximum atomic E-state index is 12.9. The number of methoxy groups -OCH3 is 2. The highest BCUT2D eigenvalue weighted by Crippen LogP contribution is 2.27. The lowest BCUT2D eigenvalue weighted by molar-refractivity contribution is -0.123. The molecule has 156 valence electrons. The van der Waals surface area contributed by atoms with E-state index >= 15 is 0 Å². The minimum atomic E-state index is -0.759. The van der Waals surface area contributed by atoms with Crippen molar-refractivity contribution in [2.75, 3.05) is 14.2 Å². The van der Waals surface area contributed by atoms with E-state index < -0.39 is 11.9 Å². The molecule has 0 spiro atoms. The van der Waals surface area contributed by atoms with E-state index in [4.69, 9.17) is 13.9 Å². The molecule has 30 heavy (non-hydrogen) atoms. The molecule has 0 radical (unpaired) electrons. The van der Waals surface area contributed by atoms with Gasteiger partial charge in [-0.2, -0.15) is 0 Å². The van der Waals surface area contributed by atoms with Crippen molar-refractivity contribution in [2.24, 2.45) is 0 Å². The number of carbonyl (C=O) groups excluding carboxylic acids is 2. The average Bonchev–Trinajstić information content (AvgIpc) is 3.32. The summed E-state index contributed by atoms with van der Waals surface area (Å²) >= 11 is 0. The van der Waals surface area contributed by atoms with Gasteiger partial charge in [-0.05, 0) is 35.4 Å². The van der Waals surface area contributed by atoms with Crippen molar-refractivity contribution in [3.05, 3.63) is 83.8 Å². The Bertz CT molecular complexity index is 971. The Morgan fingerprint density at radius 2 is 1.70 bits per heavy atom. The van der Waals surface area contributed by atoms with E-state index in [1.54, 1.807) is 38.5 Å². The van der Waals surface area contributed by atoms with Crippen LogP contribution in [0.2, 0.25) is 0 Å². The van der Waals surface area contributed by atoms with Gasteiger partial charge in [0.05, 0.1) is 20.5 Å². The molecule has 2 N–H and O–H groups in total. The standard InChI is InChI=1S/C23H24N2O5/c1-28-19-11-10-17(14-21(19)29-2)15-24-22(26)18(13-16-7-4-3-5-8-16)25-23(27)20-9-6-12-30-20/h3-12,14,18H,13,15H2,1-2H3,(H,24,26)(H,25,27)/t18-/m1/s1. The van der Waals surface area contributed by atoms with Gasteiger partial charge in [0, 0.05) is 13.0 Å². The molecule has 0 aliphatic carbocycles. The Hall–Kier alpha value is -3.74. The second kappa shape index (κ2) is 10.2. The molecule has 0 saturated heterocycles. The minimum absolute atomic E-state index is 0.153. The van der Waals surface area contributed by atoms with Crippen LogP contribution < -0.4 is 20.1 Å². The third-order valence-corrected chi connectivity index (χ3v) is 4.56. The lowest BCUT2D eigenvalue weighted by atomic mass is 10.0. The minimum Gasteiger partial charge on any atom is -0.493 e. The Morgan fingerprint density at radius 1 is 0.933 bits per heavy atom. The van der Waals surface area contributed by atoms with E-state index in [9.17, 15) is 9.59 Å². The van der Waals surface area contributed by atoms with Crippen LogP contribution in [-0.4, -0.2) is 32.1 Å². The molecule has 1 atom stereocenters. The summed E-state index contributed by atoms with van der Waals surface area (Å²) in [5.74, 6) is 0.605. The van der Waals surface area contributed by atoms with E-state index in [-0.39, 0.29) is 18.2 Å². The first-order chi connectivity index (χ1) is 14.6. The van der Waals surface area contributed by atoms with Crippen molar-refractivity contribution < 1.29 is 23.5 Å². The van der Waals surface area contributed by atoms with E-state index in [1.807, 2.05) is 36.4 Å². The molecule has 7 nitrogen and oxygen atoms in total. The summed E-state index contributed by atoms with van der Waals surface area (Å²) in [6.07, 6.45) is 1.77. The number of amides is 2. The zero-order valence-corrected chi connectivity index (χ0v) is 16.9. The average molecular weight is 408 g/mol. The van der Waals surface area contributed by atoms with Gasteiger partial charge in [-0.3, -0.25) is 9.59 Å². The van der Waals surface area contributed by atoms with Crippen LogP contribution in [0.25, 0.3) is 0 Å². The predicted molar refractivity (Wildman–Crippen MR) is 112 cm³/mol. The molecule has 1 heterocycles. The highest BCUT2D eigenvalue weighted by molar-refractivity contribution is 5.95. The number of ether oxygens (including phenoxy) is 2. The van der Waals surface area contributed by atoms with E-state index in [2.05, 4.69) is 10.6 Å². The van der Waals surface area contributed by atoms with Crippen LogP contribution >= 0.6 is 0 Å². The lowest BCUT2D eigenvalue weighted by Gasteiger charge is -2.18. The van der Waals surface area contributed by atoms with Crippen molar-refractivity contribution >= 4 is 11.8 Å². The molecular formula is C23H24N2O5. The first-order valence-electron chi connectivity index (χ1n) is 9.47. The molecule has 0 aliphatic heterocycles. The van der Waals surface area contributed by atoms with Crippen molar-refractivity contribution in [1.82, 2.24) is 10.6 Å². The molecule has 0 unspecified atom stereocenters. The number of furan rings is 1. The number of hydrogen-bond donors (Lipinski definition) is 2. The maximum absolute atomic E-state index is 12.9. The summed E-state index contributed by atoms with van der Waals surface area (Å²) in [7, 11) is 3.12. The second-order valence-corrected chi connectivity index (χ2v) is 6.60. The van der Waals surface area contributed by atoms with Crippen LogP contribution in [0, 0.1) is 0 Å². The molecule has 0 saturated carbocycles. The smallest absolute Gasteiger partial charge is 0.287 e. The fourth-order valence-corrected chi connectivity index (χ4v) is 3.00. The van der Waals surface area contributed by atoms with Gasteiger partial charge in [-0.1, -0.05) is 36.4 Å². The molecular weight excluding hydrogens is 384 g/mol. The van der Waals surface area contributed by atoms with Crippen molar-refractivity contribution in [3.8, 4) is 11.5 Å². The Morgan fingerprint density at radius 3 is 2.37 bits per heavy atom. The molecule has 7 heteroatoms. The maximum Gasteiger partial charge on any atom is 0.287 e. The van der Waals surface area contributed by atoms with Gasteiger partial charge in [0.25, 0.3) is 5.91 Å². The molecule has 0 bridgehead atoms. The molecule has 2 aromatic carbocycles. The Labute approximate surface area is 175 Å². The monoisotopic (exact) mass is 408 g/mol. The second-order valence-electron chi connectivity index (χ2n) is 6.60. The van der Waals surface area contributed by atoms with Crippen molar-refractivity contribution in [1.29, 1.82) is 0 Å². The van der Waals surface area contributed by atoms with Crippen LogP contribution in [0.3, 0.4) is 0 Å². The van der Waals surface area contributed by atoms with Gasteiger partial charge in [-0.25, -0.2) is 0 Å². The zero-order chi connectivity index (χ0) is 21.3. The topological polar surface area (TPSA) is 89.8 Å². The number of hydrogen-bond acceptors (Lipinski definition) is 5. The van der Waals surface area contributed by atoms with Crippen LogP contribution in [0.4, 0.5) is 0 Å². The quantitative estimate of drug-likeness (QED) is 0.568. The zero-order valence-electron chi connectivity index (χ0n) is 16.9. The molecule has 3 aromatic rings. The Kier molecular flexibility index (Phi) is 7.10. The molecule has 1 aromatic heterocycles. The molecule has 3 rings (SSSR count). The highest BCUT2D eigenvalue weighted by atomic mass is 16.5. The number of rotatable bonds is 9. The number of benzene rings is 2. The van der Waals surface area contributed by atoms with E-state index in [0.717, 1.165) is 11.1 Å². The summed E-state index contributed by atoms with van der Waals surface area (Å²) in [5, 5.41) is 5.63. The summed E-state index contributed by atoms with van der Waals surface area (Å²) in [6.45, 7) is 0.279. The predicted octanol–water partition coefficient (Wildman–Crippen LogP) is 2.95. The third kappa shape index (κ3) is 5.41. The lowest BCUT2D eigenvalue weighted by Crippen LogP contribution is -2.47. The number of carbonyl (C=O) groups is 2. The highest BCUT2D eigenvalue weighted by Gasteiger charge is 2.23.